The molecule has 114 valence electrons. The van der Waals surface area contributed by atoms with E-state index in [9.17, 15) is 22.6 Å². The van der Waals surface area contributed by atoms with Crippen LogP contribution in [0.25, 0.3) is 0 Å². The molecule has 22 heavy (non-hydrogen) atoms. The van der Waals surface area contributed by atoms with Crippen molar-refractivity contribution in [1.82, 2.24) is 0 Å². The third-order valence-electron chi connectivity index (χ3n) is 3.64. The molecule has 0 aliphatic heterocycles. The summed E-state index contributed by atoms with van der Waals surface area (Å²) in [6.45, 7) is 0. The van der Waals surface area contributed by atoms with Gasteiger partial charge in [0.05, 0.1) is 4.91 Å². The van der Waals surface area contributed by atoms with Gasteiger partial charge >= 0.3 is 0 Å². The molecular formula is C14H10BrNO5S. The number of nitrogens with two attached hydrogens (primary N) is 1. The van der Waals surface area contributed by atoms with Crippen molar-refractivity contribution >= 4 is 37.6 Å². The molecule has 0 fully saturated rings. The number of allylic oxidation sites excluding steroid dienone is 2. The van der Waals surface area contributed by atoms with Crippen LogP contribution in [-0.2, 0) is 10.1 Å². The zero-order valence-electron chi connectivity index (χ0n) is 11.0. The predicted molar refractivity (Wildman–Crippen MR) is 82.2 cm³/mol. The summed E-state index contributed by atoms with van der Waals surface area (Å²) in [4.78, 5) is 24.7. The van der Waals surface area contributed by atoms with Crippen molar-refractivity contribution < 1.29 is 22.6 Å². The lowest BCUT2D eigenvalue weighted by molar-refractivity contribution is 0.0970. The molecule has 0 heterocycles. The van der Waals surface area contributed by atoms with Gasteiger partial charge in [0.15, 0.2) is 11.6 Å². The molecule has 2 aliphatic carbocycles. The Hall–Kier alpha value is -1.61. The molecule has 1 atom stereocenters. The molecule has 0 saturated heterocycles. The average molecular weight is 384 g/mol. The molecule has 1 aromatic rings. The highest BCUT2D eigenvalue weighted by Gasteiger charge is 2.45. The number of rotatable bonds is 1. The van der Waals surface area contributed by atoms with Crippen LogP contribution in [0.1, 0.15) is 27.1 Å². The number of carbonyl (C=O) groups is 2. The molecule has 2 aliphatic rings. The summed E-state index contributed by atoms with van der Waals surface area (Å²) in [6.07, 6.45) is 0.694. The highest BCUT2D eigenvalue weighted by molar-refractivity contribution is 9.10. The highest BCUT2D eigenvalue weighted by atomic mass is 79.9. The molecule has 3 N–H and O–H groups in total. The second-order valence-electron chi connectivity index (χ2n) is 5.12. The average Bonchev–Trinajstić information content (AvgIpc) is 2.42. The van der Waals surface area contributed by atoms with Crippen LogP contribution in [-0.4, -0.2) is 29.0 Å². The standard InChI is InChI=1S/C14H10BrNO5S/c15-14(16)6-7(22(19,20)21)5-10-11(14)13(18)9-4-2-1-3-8(9)12(10)17/h1-5H,6,16H2,(H,19,20,21). The smallest absolute Gasteiger partial charge is 0.290 e. The first kappa shape index (κ1) is 15.3. The van der Waals surface area contributed by atoms with Crippen molar-refractivity contribution in [2.24, 2.45) is 5.73 Å². The normalized spacial score (nSPS) is 24.8. The first-order chi connectivity index (χ1) is 10.1. The molecule has 0 saturated carbocycles. The fourth-order valence-electron chi connectivity index (χ4n) is 2.66. The lowest BCUT2D eigenvalue weighted by Crippen LogP contribution is -2.44. The Labute approximate surface area is 134 Å². The Morgan fingerprint density at radius 1 is 1.14 bits per heavy atom. The highest BCUT2D eigenvalue weighted by Crippen LogP contribution is 2.42. The van der Waals surface area contributed by atoms with Crippen molar-refractivity contribution in [2.45, 2.75) is 10.9 Å². The number of ketones is 2. The molecule has 0 aromatic heterocycles. The van der Waals surface area contributed by atoms with Gasteiger partial charge in [0, 0.05) is 28.7 Å². The Kier molecular flexibility index (Phi) is 3.26. The first-order valence-corrected chi connectivity index (χ1v) is 8.45. The number of carbonyl (C=O) groups excluding carboxylic acids is 2. The maximum atomic E-state index is 12.6. The van der Waals surface area contributed by atoms with Gasteiger partial charge < -0.3 is 5.73 Å². The Morgan fingerprint density at radius 3 is 2.23 bits per heavy atom. The van der Waals surface area contributed by atoms with Crippen molar-refractivity contribution in [1.29, 1.82) is 0 Å². The maximum Gasteiger partial charge on any atom is 0.290 e. The minimum atomic E-state index is -4.51. The molecule has 8 heteroatoms. The van der Waals surface area contributed by atoms with E-state index in [4.69, 9.17) is 5.73 Å². The molecular weight excluding hydrogens is 374 g/mol. The van der Waals surface area contributed by atoms with E-state index in [0.29, 0.717) is 0 Å². The Morgan fingerprint density at radius 2 is 1.68 bits per heavy atom. The SMILES string of the molecule is NC1(Br)CC(S(=O)(=O)O)=CC2=C1C(=O)c1ccccc1C2=O. The molecule has 6 nitrogen and oxygen atoms in total. The van der Waals surface area contributed by atoms with Crippen molar-refractivity contribution in [2.75, 3.05) is 0 Å². The lowest BCUT2D eigenvalue weighted by Gasteiger charge is -2.33. The molecule has 1 aromatic carbocycles. The maximum absolute atomic E-state index is 12.6. The fourth-order valence-corrected chi connectivity index (χ4v) is 4.22. The third-order valence-corrected chi connectivity index (χ3v) is 5.24. The summed E-state index contributed by atoms with van der Waals surface area (Å²) in [5.74, 6) is -0.935. The summed E-state index contributed by atoms with van der Waals surface area (Å²) in [5.41, 5.74) is 6.30. The van der Waals surface area contributed by atoms with Gasteiger partial charge in [0.2, 0.25) is 0 Å². The van der Waals surface area contributed by atoms with E-state index in [1.165, 1.54) is 12.1 Å². The zero-order valence-corrected chi connectivity index (χ0v) is 13.4. The zero-order chi connectivity index (χ0) is 16.3. The molecule has 0 bridgehead atoms. The summed E-state index contributed by atoms with van der Waals surface area (Å²) in [7, 11) is -4.51. The van der Waals surface area contributed by atoms with Crippen molar-refractivity contribution in [3.63, 3.8) is 0 Å². The lowest BCUT2D eigenvalue weighted by atomic mass is 9.78. The topological polar surface area (TPSA) is 115 Å². The number of alkyl halides is 1. The van der Waals surface area contributed by atoms with Gasteiger partial charge in [-0.15, -0.1) is 0 Å². The van der Waals surface area contributed by atoms with E-state index < -0.39 is 31.0 Å². The second-order valence-corrected chi connectivity index (χ2v) is 8.01. The predicted octanol–water partition coefficient (Wildman–Crippen LogP) is 1.59. The van der Waals surface area contributed by atoms with Gasteiger partial charge in [0.25, 0.3) is 10.1 Å². The van der Waals surface area contributed by atoms with Gasteiger partial charge in [-0.05, 0) is 6.08 Å². The Balaban J connectivity index is 2.32. The summed E-state index contributed by atoms with van der Waals surface area (Å²) < 4.78 is 30.4. The van der Waals surface area contributed by atoms with E-state index in [1.54, 1.807) is 12.1 Å². The first-order valence-electron chi connectivity index (χ1n) is 6.22. The number of benzene rings is 1. The minimum Gasteiger partial charge on any atom is -0.312 e. The van der Waals surface area contributed by atoms with Crippen molar-refractivity contribution in [3.05, 3.63) is 57.5 Å². The van der Waals surface area contributed by atoms with Crippen LogP contribution in [0.5, 0.6) is 0 Å². The van der Waals surface area contributed by atoms with E-state index in [2.05, 4.69) is 15.9 Å². The van der Waals surface area contributed by atoms with Gasteiger partial charge in [-0.1, -0.05) is 40.2 Å². The molecule has 1 unspecified atom stereocenters. The Bertz CT molecular complexity index is 896. The number of Topliss-reactive ketones (excluding diaryl/α,β-unsaturated/α-hetero) is 2. The quantitative estimate of drug-likeness (QED) is 0.432. The summed E-state index contributed by atoms with van der Waals surface area (Å²) >= 11 is 3.12. The van der Waals surface area contributed by atoms with Gasteiger partial charge in [0.1, 0.15) is 4.45 Å². The second kappa shape index (κ2) is 4.69. The van der Waals surface area contributed by atoms with E-state index in [1.807, 2.05) is 0 Å². The van der Waals surface area contributed by atoms with Crippen LogP contribution < -0.4 is 5.73 Å². The van der Waals surface area contributed by atoms with Crippen LogP contribution in [0.15, 0.2) is 46.4 Å². The van der Waals surface area contributed by atoms with Gasteiger partial charge in [-0.2, -0.15) is 8.42 Å². The molecule has 3 rings (SSSR count). The van der Waals surface area contributed by atoms with Gasteiger partial charge in [-0.3, -0.25) is 14.1 Å². The van der Waals surface area contributed by atoms with Crippen LogP contribution in [0.3, 0.4) is 0 Å². The van der Waals surface area contributed by atoms with Crippen LogP contribution >= 0.6 is 15.9 Å². The number of fused-ring (bicyclic) bond motifs is 1. The van der Waals surface area contributed by atoms with Crippen LogP contribution in [0.2, 0.25) is 0 Å². The monoisotopic (exact) mass is 383 g/mol. The van der Waals surface area contributed by atoms with Crippen LogP contribution in [0, 0.1) is 0 Å². The molecule has 0 radical (unpaired) electrons. The van der Waals surface area contributed by atoms with E-state index in [-0.39, 0.29) is 28.7 Å². The fraction of sp³-hybridized carbons (Fsp3) is 0.143. The number of hydrogen-bond acceptors (Lipinski definition) is 5. The van der Waals surface area contributed by atoms with Gasteiger partial charge in [-0.25, -0.2) is 0 Å². The summed E-state index contributed by atoms with van der Waals surface area (Å²) in [5, 5.41) is 0. The van der Waals surface area contributed by atoms with E-state index in [0.717, 1.165) is 6.08 Å². The minimum absolute atomic E-state index is 0.00333. The largest absolute Gasteiger partial charge is 0.312 e. The van der Waals surface area contributed by atoms with Crippen molar-refractivity contribution in [3.8, 4) is 0 Å². The number of hydrogen-bond donors (Lipinski definition) is 2. The summed E-state index contributed by atoms with van der Waals surface area (Å²) in [6, 6.07) is 6.24. The van der Waals surface area contributed by atoms with Crippen LogP contribution in [0.4, 0.5) is 0 Å². The van der Waals surface area contributed by atoms with E-state index >= 15 is 0 Å². The molecule has 0 amide bonds. The number of halogens is 1. The third kappa shape index (κ3) is 2.19. The molecule has 0 spiro atoms.